The van der Waals surface area contributed by atoms with Gasteiger partial charge in [0.15, 0.2) is 37.2 Å². The van der Waals surface area contributed by atoms with E-state index >= 15 is 0 Å². The van der Waals surface area contributed by atoms with E-state index < -0.39 is 16.6 Å². The van der Waals surface area contributed by atoms with Gasteiger partial charge in [0.1, 0.15) is 46.5 Å². The lowest BCUT2D eigenvalue weighted by Gasteiger charge is -2.36. The number of aliphatic hydroxyl groups is 1. The highest BCUT2D eigenvalue weighted by Gasteiger charge is 2.38. The van der Waals surface area contributed by atoms with Gasteiger partial charge in [-0.3, -0.25) is 9.13 Å². The summed E-state index contributed by atoms with van der Waals surface area (Å²) >= 11 is 11.8. The van der Waals surface area contributed by atoms with Gasteiger partial charge in [0.25, 0.3) is 0 Å². The molecule has 22 heteroatoms. The molecule has 0 saturated carbocycles. The summed E-state index contributed by atoms with van der Waals surface area (Å²) in [5.41, 5.74) is 22.0. The fraction of sp³-hybridized carbons (Fsp3) is 0.373. The average Bonchev–Trinajstić information content (AvgIpc) is 4.18. The van der Waals surface area contributed by atoms with Crippen LogP contribution < -0.4 is 11.5 Å². The summed E-state index contributed by atoms with van der Waals surface area (Å²) in [4.78, 5) is 38.8. The number of aryl methyl sites for hydroxylation is 4. The molecular weight excluding hydrogens is 1050 g/mol. The van der Waals surface area contributed by atoms with Gasteiger partial charge in [-0.25, -0.2) is 39.9 Å². The van der Waals surface area contributed by atoms with Crippen LogP contribution in [0.5, 0.6) is 0 Å². The molecule has 10 heterocycles. The topological polar surface area (TPSA) is 204 Å². The van der Waals surface area contributed by atoms with Crippen molar-refractivity contribution in [2.75, 3.05) is 11.5 Å². The second kappa shape index (κ2) is 22.4. The quantitative estimate of drug-likeness (QED) is 0.0910. The summed E-state index contributed by atoms with van der Waals surface area (Å²) in [5.74, 6) is 0. The molecule has 0 aliphatic rings. The highest BCUT2D eigenvalue weighted by Crippen LogP contribution is 2.38. The first-order chi connectivity index (χ1) is 34.2. The molecule has 0 radical (unpaired) electrons. The fourth-order valence-electron chi connectivity index (χ4n) is 6.69. The van der Waals surface area contributed by atoms with Crippen LogP contribution in [0.15, 0.2) is 72.8 Å². The smallest absolute Gasteiger partial charge is 0.196 e. The summed E-state index contributed by atoms with van der Waals surface area (Å²) in [7, 11) is -3.49. The molecule has 0 amide bonds. The number of anilines is 2. The maximum absolute atomic E-state index is 8.79. The van der Waals surface area contributed by atoms with Gasteiger partial charge >= 0.3 is 0 Å². The molecule has 0 aromatic carbocycles. The average molecular weight is 1110 g/mol. The van der Waals surface area contributed by atoms with E-state index in [4.69, 9.17) is 47.0 Å². The van der Waals surface area contributed by atoms with Crippen molar-refractivity contribution in [1.29, 1.82) is 0 Å². The van der Waals surface area contributed by atoms with Crippen molar-refractivity contribution in [2.24, 2.45) is 0 Å². The van der Waals surface area contributed by atoms with Crippen LogP contribution in [0.2, 0.25) is 41.4 Å². The van der Waals surface area contributed by atoms with Crippen molar-refractivity contribution in [3.63, 3.8) is 0 Å². The summed E-state index contributed by atoms with van der Waals surface area (Å²) in [6.45, 7) is 31.9. The minimum atomic E-state index is -1.76. The number of aliphatic hydroxyl groups excluding tert-OH is 1. The van der Waals surface area contributed by atoms with Crippen molar-refractivity contribution < 1.29 is 14.0 Å². The molecule has 0 bridgehead atoms. The zero-order valence-electron chi connectivity index (χ0n) is 44.0. The van der Waals surface area contributed by atoms with Crippen molar-refractivity contribution in [3.8, 4) is 10.3 Å². The van der Waals surface area contributed by atoms with Gasteiger partial charge in [-0.2, -0.15) is 0 Å². The molecule has 73 heavy (non-hydrogen) atoms. The number of rotatable bonds is 9. The molecule has 0 aliphatic carbocycles. The van der Waals surface area contributed by atoms with Crippen molar-refractivity contribution in [3.05, 3.63) is 118 Å². The first kappa shape index (κ1) is 55.7. The van der Waals surface area contributed by atoms with E-state index in [2.05, 4.69) is 165 Å². The van der Waals surface area contributed by atoms with Crippen molar-refractivity contribution >= 4 is 125 Å². The Morgan fingerprint density at radius 3 is 1.19 bits per heavy atom. The van der Waals surface area contributed by atoms with E-state index in [0.717, 1.165) is 63.0 Å². The summed E-state index contributed by atoms with van der Waals surface area (Å²) in [6, 6.07) is 23.6. The predicted molar refractivity (Wildman–Crippen MR) is 311 cm³/mol. The van der Waals surface area contributed by atoms with E-state index in [1.165, 1.54) is 45.4 Å². The van der Waals surface area contributed by atoms with E-state index in [0.29, 0.717) is 34.3 Å². The number of thiazole rings is 4. The van der Waals surface area contributed by atoms with Crippen molar-refractivity contribution in [2.45, 2.75) is 125 Å². The third-order valence-corrected chi connectivity index (χ3v) is 25.7. The van der Waals surface area contributed by atoms with Crippen LogP contribution in [-0.2, 0) is 28.7 Å². The lowest BCUT2D eigenvalue weighted by atomic mass is 10.2. The Kier molecular flexibility index (Phi) is 17.1. The van der Waals surface area contributed by atoms with Crippen LogP contribution in [0.3, 0.4) is 0 Å². The molecule has 386 valence electrons. The third kappa shape index (κ3) is 13.4. The second-order valence-electron chi connectivity index (χ2n) is 20.6. The number of pyridine rings is 4. The van der Waals surface area contributed by atoms with Gasteiger partial charge in [-0.05, 0) is 137 Å². The molecule has 10 rings (SSSR count). The molecule has 0 spiro atoms. The first-order valence-electron chi connectivity index (χ1n) is 23.6. The molecule has 0 fully saturated rings. The minimum Gasteiger partial charge on any atom is -0.411 e. The number of nitrogens with zero attached hydrogens (tertiary/aromatic N) is 10. The Bertz CT molecular complexity index is 3470. The Balaban J connectivity index is 0.000000147. The molecular formula is C51H65ClN12O3S4Si2. The van der Waals surface area contributed by atoms with Crippen LogP contribution >= 0.6 is 56.9 Å². The molecule has 10 aromatic rings. The highest BCUT2D eigenvalue weighted by atomic mass is 35.5. The molecule has 5 N–H and O–H groups in total. The first-order valence-corrected chi connectivity index (χ1v) is 33.1. The zero-order chi connectivity index (χ0) is 53.2. The van der Waals surface area contributed by atoms with E-state index in [-0.39, 0.29) is 16.7 Å². The Morgan fingerprint density at radius 2 is 0.808 bits per heavy atom. The lowest BCUT2D eigenvalue weighted by molar-refractivity contribution is 0.272. The third-order valence-electron chi connectivity index (χ3n) is 13.0. The number of hydrogen-bond donors (Lipinski definition) is 3. The van der Waals surface area contributed by atoms with E-state index in [9.17, 15) is 0 Å². The summed E-state index contributed by atoms with van der Waals surface area (Å²) < 4.78 is 16.8. The predicted octanol–water partition coefficient (Wildman–Crippen LogP) is 13.9. The van der Waals surface area contributed by atoms with E-state index in [1.54, 1.807) is 40.9 Å². The van der Waals surface area contributed by atoms with Crippen LogP contribution in [0.4, 0.5) is 10.3 Å². The maximum Gasteiger partial charge on any atom is 0.196 e. The maximum atomic E-state index is 8.79. The number of nitrogen functional groups attached to an aromatic ring is 2. The number of fused-ring (bicyclic) bond motifs is 4. The Labute approximate surface area is 450 Å². The lowest BCUT2D eigenvalue weighted by Crippen LogP contribution is -2.40. The van der Waals surface area contributed by atoms with E-state index in [1.807, 2.05) is 24.3 Å². The second-order valence-corrected chi connectivity index (χ2v) is 34.5. The Morgan fingerprint density at radius 1 is 0.479 bits per heavy atom. The van der Waals surface area contributed by atoms with Gasteiger partial charge in [-0.15, -0.1) is 0 Å². The molecule has 15 nitrogen and oxygen atoms in total. The highest BCUT2D eigenvalue weighted by molar-refractivity contribution is 7.22. The van der Waals surface area contributed by atoms with Crippen molar-refractivity contribution in [1.82, 2.24) is 49.0 Å². The minimum absolute atomic E-state index is 0.0479. The summed E-state index contributed by atoms with van der Waals surface area (Å²) in [6.07, 6.45) is 0. The fourth-order valence-corrected chi connectivity index (χ4v) is 12.4. The van der Waals surface area contributed by atoms with Gasteiger partial charge in [-0.1, -0.05) is 98.5 Å². The normalized spacial score (nSPS) is 12.2. The van der Waals surface area contributed by atoms with Crippen LogP contribution in [0, 0.1) is 27.7 Å². The SMILES string of the molecule is CC(C)(C)[Si](C)(C)OCc1ccc2nc(N)sc2n1.Cc1ccc(C)n1-c1nc2ccc(CO[Si](C)(C)C(C)(C)C)nc2s1.Cc1ccc(C)n1-c1nc2ccc(Cl)nc2s1.Nc1nc2ccc(CO)nc2s1. The number of halogens is 1. The van der Waals surface area contributed by atoms with Gasteiger partial charge < -0.3 is 25.4 Å². The molecule has 0 aliphatic heterocycles. The van der Waals surface area contributed by atoms with Gasteiger partial charge in [0, 0.05) is 22.8 Å². The standard InChI is InChI=1S/C19H27N3OSSi.C13H21N3OSSi.C12H10ClN3S.C7H7N3OS/c1-13-8-9-14(2)22(13)18-21-16-11-10-15(20-17(16)24-18)12-23-25(6,7)19(3,4)5;1-13(2,3)19(4,5)17-8-9-6-7-10-11(15-9)18-12(14)16-10;1-7-3-4-8(2)16(7)12-14-9-5-6-10(13)15-11(9)17-12;8-7-10-5-2-1-4(3-11)9-6(5)12-7/h8-11H,12H2,1-7H3;6-7H,8H2,1-5H3,(H2,14,16);3-6H,1-2H3;1-2,11H,3H2,(H2,8,10). The molecule has 10 aromatic heterocycles. The largest absolute Gasteiger partial charge is 0.411 e. The van der Waals surface area contributed by atoms with Crippen LogP contribution in [0.25, 0.3) is 51.7 Å². The summed E-state index contributed by atoms with van der Waals surface area (Å²) in [5, 5.41) is 12.7. The number of nitrogens with two attached hydrogens (primary N) is 2. The van der Waals surface area contributed by atoms with Crippen LogP contribution in [0.1, 0.15) is 81.4 Å². The van der Waals surface area contributed by atoms with Gasteiger partial charge in [0.2, 0.25) is 0 Å². The van der Waals surface area contributed by atoms with Gasteiger partial charge in [0.05, 0.1) is 36.9 Å². The molecule has 0 atom stereocenters. The number of aromatic nitrogens is 10. The number of hydrogen-bond acceptors (Lipinski definition) is 17. The molecule has 0 saturated heterocycles. The monoisotopic (exact) mass is 1110 g/mol. The zero-order valence-corrected chi connectivity index (χ0v) is 50.0. The van der Waals surface area contributed by atoms with Crippen LogP contribution in [-0.4, -0.2) is 70.7 Å². The Hall–Kier alpha value is -5.08. The molecule has 0 unspecified atom stereocenters.